The molecule has 3 amide bonds. The quantitative estimate of drug-likeness (QED) is 0.839. The largest absolute Gasteiger partial charge is 0.444 e. The van der Waals surface area contributed by atoms with Gasteiger partial charge in [0.2, 0.25) is 5.91 Å². The van der Waals surface area contributed by atoms with Crippen molar-refractivity contribution >= 4 is 17.9 Å². The Morgan fingerprint density at radius 2 is 2.09 bits per heavy atom. The highest BCUT2D eigenvalue weighted by molar-refractivity contribution is 6.06. The maximum Gasteiger partial charge on any atom is 0.410 e. The van der Waals surface area contributed by atoms with Gasteiger partial charge in [-0.25, -0.2) is 4.79 Å². The Balaban J connectivity index is 2.00. The van der Waals surface area contributed by atoms with Crippen molar-refractivity contribution in [2.75, 3.05) is 6.54 Å². The van der Waals surface area contributed by atoms with Crippen LogP contribution in [0.3, 0.4) is 0 Å². The van der Waals surface area contributed by atoms with Gasteiger partial charge < -0.3 is 4.74 Å². The topological polar surface area (TPSA) is 88.6 Å². The molecule has 7 heteroatoms. The van der Waals surface area contributed by atoms with Crippen LogP contribution in [-0.2, 0) is 9.53 Å². The van der Waals surface area contributed by atoms with E-state index in [1.54, 1.807) is 39.1 Å². The fourth-order valence-electron chi connectivity index (χ4n) is 2.34. The molecule has 0 radical (unpaired) electrons. The summed E-state index contributed by atoms with van der Waals surface area (Å²) in [4.78, 5) is 41.7. The number of hydrogen-bond acceptors (Lipinski definition) is 5. The number of pyridine rings is 1. The van der Waals surface area contributed by atoms with E-state index in [4.69, 9.17) is 4.74 Å². The van der Waals surface area contributed by atoms with Crippen molar-refractivity contribution in [2.24, 2.45) is 0 Å². The molecule has 0 bridgehead atoms. The molecule has 0 aliphatic carbocycles. The van der Waals surface area contributed by atoms with Crippen LogP contribution in [0.5, 0.6) is 0 Å². The van der Waals surface area contributed by atoms with Crippen LogP contribution in [-0.4, -0.2) is 46.0 Å². The van der Waals surface area contributed by atoms with E-state index in [0.29, 0.717) is 24.9 Å². The highest BCUT2D eigenvalue weighted by Gasteiger charge is 2.37. The van der Waals surface area contributed by atoms with Crippen LogP contribution in [0.4, 0.5) is 4.79 Å². The Hall–Kier alpha value is -2.44. The van der Waals surface area contributed by atoms with E-state index in [0.717, 1.165) is 0 Å². The van der Waals surface area contributed by atoms with E-state index in [9.17, 15) is 14.4 Å². The summed E-state index contributed by atoms with van der Waals surface area (Å²) in [6.45, 7) is 5.74. The van der Waals surface area contributed by atoms with E-state index < -0.39 is 29.6 Å². The number of rotatable bonds is 2. The van der Waals surface area contributed by atoms with Crippen LogP contribution < -0.4 is 5.32 Å². The van der Waals surface area contributed by atoms with Gasteiger partial charge in [0, 0.05) is 18.9 Å². The molecule has 1 N–H and O–H groups in total. The summed E-state index contributed by atoms with van der Waals surface area (Å²) in [5.74, 6) is -1.03. The Kier molecular flexibility index (Phi) is 4.98. The zero-order valence-electron chi connectivity index (χ0n) is 13.5. The first-order chi connectivity index (χ1) is 10.8. The van der Waals surface area contributed by atoms with E-state index in [2.05, 4.69) is 10.3 Å². The summed E-state index contributed by atoms with van der Waals surface area (Å²) in [5, 5.41) is 2.32. The molecule has 1 unspecified atom stereocenters. The minimum Gasteiger partial charge on any atom is -0.444 e. The first-order valence-corrected chi connectivity index (χ1v) is 7.53. The number of nitrogens with zero attached hydrogens (tertiary/aromatic N) is 2. The lowest BCUT2D eigenvalue weighted by Gasteiger charge is -2.27. The van der Waals surface area contributed by atoms with Crippen molar-refractivity contribution in [1.29, 1.82) is 0 Å². The molecule has 7 nitrogen and oxygen atoms in total. The highest BCUT2D eigenvalue weighted by Crippen LogP contribution is 2.21. The van der Waals surface area contributed by atoms with Crippen LogP contribution in [0.1, 0.15) is 44.0 Å². The molecule has 1 aromatic heterocycles. The van der Waals surface area contributed by atoms with Gasteiger partial charge in [0.25, 0.3) is 5.91 Å². The third-order valence-electron chi connectivity index (χ3n) is 3.34. The van der Waals surface area contributed by atoms with Gasteiger partial charge in [-0.2, -0.15) is 0 Å². The van der Waals surface area contributed by atoms with Gasteiger partial charge in [0.05, 0.1) is 5.56 Å². The third kappa shape index (κ3) is 4.51. The first kappa shape index (κ1) is 16.9. The second kappa shape index (κ2) is 6.76. The number of aromatic nitrogens is 1. The van der Waals surface area contributed by atoms with E-state index in [1.807, 2.05) is 0 Å². The first-order valence-electron chi connectivity index (χ1n) is 7.53. The van der Waals surface area contributed by atoms with Crippen LogP contribution in [0.2, 0.25) is 0 Å². The number of nitrogens with one attached hydrogen (secondary N) is 1. The van der Waals surface area contributed by atoms with Gasteiger partial charge in [0.15, 0.2) is 0 Å². The zero-order chi connectivity index (χ0) is 17.0. The van der Waals surface area contributed by atoms with Gasteiger partial charge in [-0.05, 0) is 45.7 Å². The Morgan fingerprint density at radius 3 is 2.70 bits per heavy atom. The maximum absolute atomic E-state index is 12.3. The highest BCUT2D eigenvalue weighted by atomic mass is 16.6. The molecule has 0 spiro atoms. The number of amides is 3. The van der Waals surface area contributed by atoms with Crippen LogP contribution in [0.25, 0.3) is 0 Å². The standard InChI is InChI=1S/C16H21N3O4/c1-16(2,3)23-15(22)19-9-5-7-12(19)14(21)18-13(20)11-6-4-8-17-10-11/h4,6,8,10,12H,5,7,9H2,1-3H3,(H,18,20,21). The second-order valence-electron chi connectivity index (χ2n) is 6.39. The van der Waals surface area contributed by atoms with Gasteiger partial charge in [-0.1, -0.05) is 0 Å². The summed E-state index contributed by atoms with van der Waals surface area (Å²) in [6, 6.07) is 2.49. The summed E-state index contributed by atoms with van der Waals surface area (Å²) >= 11 is 0. The predicted octanol–water partition coefficient (Wildman–Crippen LogP) is 1.74. The molecule has 124 valence electrons. The van der Waals surface area contributed by atoms with Gasteiger partial charge in [-0.3, -0.25) is 24.8 Å². The molecule has 2 rings (SSSR count). The minimum atomic E-state index is -0.689. The monoisotopic (exact) mass is 319 g/mol. The summed E-state index contributed by atoms with van der Waals surface area (Å²) in [7, 11) is 0. The number of imide groups is 1. The molecule has 1 atom stereocenters. The molecule has 0 saturated carbocycles. The predicted molar refractivity (Wildman–Crippen MR) is 82.7 cm³/mol. The van der Waals surface area contributed by atoms with Crippen molar-refractivity contribution in [3.8, 4) is 0 Å². The fraction of sp³-hybridized carbons (Fsp3) is 0.500. The number of hydrogen-bond donors (Lipinski definition) is 1. The van der Waals surface area contributed by atoms with Crippen LogP contribution >= 0.6 is 0 Å². The van der Waals surface area contributed by atoms with E-state index >= 15 is 0 Å². The lowest BCUT2D eigenvalue weighted by atomic mass is 10.2. The normalized spacial score (nSPS) is 17.7. The average Bonchev–Trinajstić information content (AvgIpc) is 2.96. The third-order valence-corrected chi connectivity index (χ3v) is 3.34. The van der Waals surface area contributed by atoms with Crippen LogP contribution in [0, 0.1) is 0 Å². The second-order valence-corrected chi connectivity index (χ2v) is 6.39. The Labute approximate surface area is 135 Å². The van der Waals surface area contributed by atoms with Crippen molar-refractivity contribution in [1.82, 2.24) is 15.2 Å². The van der Waals surface area contributed by atoms with Crippen molar-refractivity contribution in [3.63, 3.8) is 0 Å². The summed E-state index contributed by atoms with van der Waals surface area (Å²) < 4.78 is 5.30. The molecule has 1 fully saturated rings. The number of carbonyl (C=O) groups excluding carboxylic acids is 3. The molecule has 23 heavy (non-hydrogen) atoms. The van der Waals surface area contributed by atoms with Crippen LogP contribution in [0.15, 0.2) is 24.5 Å². The fourth-order valence-corrected chi connectivity index (χ4v) is 2.34. The Bertz CT molecular complexity index is 595. The molecular formula is C16H21N3O4. The molecule has 1 aliphatic rings. The SMILES string of the molecule is CC(C)(C)OC(=O)N1CCCC1C(=O)NC(=O)c1cccnc1. The van der Waals surface area contributed by atoms with Crippen molar-refractivity contribution in [3.05, 3.63) is 30.1 Å². The maximum atomic E-state index is 12.3. The lowest BCUT2D eigenvalue weighted by Crippen LogP contribution is -2.48. The van der Waals surface area contributed by atoms with Gasteiger partial charge in [-0.15, -0.1) is 0 Å². The van der Waals surface area contributed by atoms with Crippen molar-refractivity contribution < 1.29 is 19.1 Å². The summed E-state index contributed by atoms with van der Waals surface area (Å²) in [6.07, 6.45) is 3.58. The van der Waals surface area contributed by atoms with Gasteiger partial charge in [0.1, 0.15) is 11.6 Å². The number of carbonyl (C=O) groups is 3. The summed E-state index contributed by atoms with van der Waals surface area (Å²) in [5.41, 5.74) is -0.339. The average molecular weight is 319 g/mol. The molecule has 1 saturated heterocycles. The zero-order valence-corrected chi connectivity index (χ0v) is 13.5. The van der Waals surface area contributed by atoms with Crippen molar-refractivity contribution in [2.45, 2.75) is 45.3 Å². The Morgan fingerprint density at radius 1 is 1.35 bits per heavy atom. The molecule has 0 aromatic carbocycles. The van der Waals surface area contributed by atoms with E-state index in [1.165, 1.54) is 11.1 Å². The minimum absolute atomic E-state index is 0.294. The van der Waals surface area contributed by atoms with Gasteiger partial charge >= 0.3 is 6.09 Å². The molecule has 1 aliphatic heterocycles. The molecular weight excluding hydrogens is 298 g/mol. The van der Waals surface area contributed by atoms with E-state index in [-0.39, 0.29) is 0 Å². The number of ether oxygens (including phenoxy) is 1. The molecule has 1 aromatic rings. The lowest BCUT2D eigenvalue weighted by molar-refractivity contribution is -0.124. The number of likely N-dealkylation sites (tertiary alicyclic amines) is 1. The smallest absolute Gasteiger partial charge is 0.410 e. The molecule has 2 heterocycles.